The molecule has 0 atom stereocenters. The summed E-state index contributed by atoms with van der Waals surface area (Å²) < 4.78 is 0. The van der Waals surface area contributed by atoms with Crippen LogP contribution in [-0.4, -0.2) is 15.0 Å². The van der Waals surface area contributed by atoms with Crippen molar-refractivity contribution in [2.24, 2.45) is 0 Å². The first-order valence-electron chi connectivity index (χ1n) is 13.8. The van der Waals surface area contributed by atoms with Crippen molar-refractivity contribution in [2.45, 2.75) is 0 Å². The molecule has 0 N–H and O–H groups in total. The van der Waals surface area contributed by atoms with Gasteiger partial charge in [-0.05, 0) is 79.8 Å². The number of nitrogens with zero attached hydrogens (tertiary/aromatic N) is 4. The van der Waals surface area contributed by atoms with Gasteiger partial charge in [-0.3, -0.25) is 4.98 Å². The highest BCUT2D eigenvalue weighted by atomic mass is 14.9. The van der Waals surface area contributed by atoms with Crippen LogP contribution in [0.5, 0.6) is 0 Å². The summed E-state index contributed by atoms with van der Waals surface area (Å²) in [6, 6.07) is 43.8. The second-order valence-electron chi connectivity index (χ2n) is 10.4. The highest BCUT2D eigenvalue weighted by molar-refractivity contribution is 6.25. The lowest BCUT2D eigenvalue weighted by molar-refractivity contribution is 1.18. The normalized spacial score (nSPS) is 11.3. The van der Waals surface area contributed by atoms with Crippen LogP contribution in [0.1, 0.15) is 5.56 Å². The van der Waals surface area contributed by atoms with Gasteiger partial charge in [0.25, 0.3) is 0 Å². The van der Waals surface area contributed by atoms with Gasteiger partial charge in [0.15, 0.2) is 5.82 Å². The van der Waals surface area contributed by atoms with E-state index in [1.807, 2.05) is 36.5 Å². The number of rotatable bonds is 4. The Balaban J connectivity index is 1.34. The molecule has 0 aliphatic heterocycles. The molecule has 0 aliphatic rings. The van der Waals surface area contributed by atoms with Gasteiger partial charge in [0.1, 0.15) is 0 Å². The van der Waals surface area contributed by atoms with Crippen LogP contribution in [0.3, 0.4) is 0 Å². The topological polar surface area (TPSA) is 62.5 Å². The van der Waals surface area contributed by atoms with E-state index >= 15 is 0 Å². The lowest BCUT2D eigenvalue weighted by Gasteiger charge is -2.15. The lowest BCUT2D eigenvalue weighted by Crippen LogP contribution is -1.97. The van der Waals surface area contributed by atoms with Crippen molar-refractivity contribution in [1.29, 1.82) is 5.26 Å². The molecule has 0 aliphatic carbocycles. The predicted molar refractivity (Wildman–Crippen MR) is 170 cm³/mol. The molecule has 0 spiro atoms. The summed E-state index contributed by atoms with van der Waals surface area (Å²) in [7, 11) is 0. The van der Waals surface area contributed by atoms with Crippen LogP contribution in [0.15, 0.2) is 134 Å². The van der Waals surface area contributed by atoms with Gasteiger partial charge in [0.05, 0.1) is 23.0 Å². The molecule has 0 amide bonds. The van der Waals surface area contributed by atoms with Crippen molar-refractivity contribution < 1.29 is 0 Å². The molecule has 0 radical (unpaired) electrons. The summed E-state index contributed by atoms with van der Waals surface area (Å²) in [4.78, 5) is 14.4. The molecule has 0 saturated heterocycles. The van der Waals surface area contributed by atoms with E-state index < -0.39 is 0 Å². The Labute approximate surface area is 242 Å². The molecule has 8 rings (SSSR count). The van der Waals surface area contributed by atoms with Crippen molar-refractivity contribution in [3.63, 3.8) is 0 Å². The quantitative estimate of drug-likeness (QED) is 0.211. The molecule has 8 aromatic rings. The van der Waals surface area contributed by atoms with Crippen LogP contribution in [0.4, 0.5) is 0 Å². The third-order valence-corrected chi connectivity index (χ3v) is 7.98. The molecule has 4 nitrogen and oxygen atoms in total. The van der Waals surface area contributed by atoms with Gasteiger partial charge in [0, 0.05) is 29.1 Å². The van der Waals surface area contributed by atoms with E-state index in [9.17, 15) is 5.26 Å². The van der Waals surface area contributed by atoms with E-state index in [4.69, 9.17) is 9.97 Å². The molecule has 2 aromatic heterocycles. The maximum atomic E-state index is 9.32. The number of nitriles is 1. The maximum Gasteiger partial charge on any atom is 0.160 e. The number of hydrogen-bond acceptors (Lipinski definition) is 4. The first-order chi connectivity index (χ1) is 20.7. The van der Waals surface area contributed by atoms with E-state index in [0.717, 1.165) is 39.2 Å². The minimum atomic E-state index is 0.605. The Bertz CT molecular complexity index is 2270. The van der Waals surface area contributed by atoms with E-state index in [1.165, 1.54) is 32.3 Å². The first kappa shape index (κ1) is 23.9. The van der Waals surface area contributed by atoms with Gasteiger partial charge in [-0.25, -0.2) is 9.97 Å². The van der Waals surface area contributed by atoms with Gasteiger partial charge < -0.3 is 0 Å². The SMILES string of the molecule is N#Cc1ccc(-c2nc(-c3ccc(-c4cccnc4)cc3)cc(-c3ccc4ccc5cccc6ccc3c4c56)n2)cc1. The fraction of sp³-hybridized carbons (Fsp3) is 0. The Hall–Kier alpha value is -5.92. The van der Waals surface area contributed by atoms with Gasteiger partial charge >= 0.3 is 0 Å². The van der Waals surface area contributed by atoms with Crippen molar-refractivity contribution in [2.75, 3.05) is 0 Å². The summed E-state index contributed by atoms with van der Waals surface area (Å²) in [6.07, 6.45) is 3.65. The van der Waals surface area contributed by atoms with Crippen LogP contribution >= 0.6 is 0 Å². The van der Waals surface area contributed by atoms with E-state index in [1.54, 1.807) is 6.20 Å². The zero-order valence-electron chi connectivity index (χ0n) is 22.5. The predicted octanol–water partition coefficient (Wildman–Crippen LogP) is 9.31. The minimum Gasteiger partial charge on any atom is -0.264 e. The molecule has 42 heavy (non-hydrogen) atoms. The summed E-state index contributed by atoms with van der Waals surface area (Å²) in [6.45, 7) is 0. The zero-order valence-corrected chi connectivity index (χ0v) is 22.5. The molecule has 2 heterocycles. The second kappa shape index (κ2) is 9.62. The van der Waals surface area contributed by atoms with Crippen LogP contribution < -0.4 is 0 Å². The average Bonchev–Trinajstić information content (AvgIpc) is 3.07. The van der Waals surface area contributed by atoms with E-state index in [2.05, 4.69) is 102 Å². The number of hydrogen-bond donors (Lipinski definition) is 0. The average molecular weight is 535 g/mol. The molecule has 194 valence electrons. The molecule has 0 saturated carbocycles. The molecular weight excluding hydrogens is 512 g/mol. The minimum absolute atomic E-state index is 0.605. The lowest BCUT2D eigenvalue weighted by atomic mass is 9.91. The molecule has 4 heteroatoms. The van der Waals surface area contributed by atoms with E-state index in [0.29, 0.717) is 11.4 Å². The van der Waals surface area contributed by atoms with Crippen molar-refractivity contribution in [1.82, 2.24) is 15.0 Å². The zero-order chi connectivity index (χ0) is 28.0. The number of aromatic nitrogens is 3. The monoisotopic (exact) mass is 534 g/mol. The van der Waals surface area contributed by atoms with E-state index in [-0.39, 0.29) is 0 Å². The van der Waals surface area contributed by atoms with Crippen LogP contribution in [0.2, 0.25) is 0 Å². The maximum absolute atomic E-state index is 9.32. The smallest absolute Gasteiger partial charge is 0.160 e. The highest BCUT2D eigenvalue weighted by Crippen LogP contribution is 2.40. The summed E-state index contributed by atoms with van der Waals surface area (Å²) in [5.41, 5.74) is 7.39. The molecule has 0 bridgehead atoms. The largest absolute Gasteiger partial charge is 0.264 e. The molecular formula is C38H22N4. The van der Waals surface area contributed by atoms with Gasteiger partial charge in [-0.1, -0.05) is 84.9 Å². The van der Waals surface area contributed by atoms with Crippen molar-refractivity contribution >= 4 is 32.3 Å². The van der Waals surface area contributed by atoms with Crippen molar-refractivity contribution in [3.8, 4) is 51.1 Å². The third kappa shape index (κ3) is 3.96. The fourth-order valence-electron chi connectivity index (χ4n) is 5.88. The van der Waals surface area contributed by atoms with Crippen molar-refractivity contribution in [3.05, 3.63) is 139 Å². The summed E-state index contributed by atoms with van der Waals surface area (Å²) in [5.74, 6) is 0.619. The Kier molecular flexibility index (Phi) is 5.48. The van der Waals surface area contributed by atoms with Gasteiger partial charge in [-0.15, -0.1) is 0 Å². The summed E-state index contributed by atoms with van der Waals surface area (Å²) >= 11 is 0. The summed E-state index contributed by atoms with van der Waals surface area (Å²) in [5, 5.41) is 16.7. The number of benzene rings is 6. The Morgan fingerprint density at radius 2 is 1.19 bits per heavy atom. The van der Waals surface area contributed by atoms with Crippen LogP contribution in [0, 0.1) is 11.3 Å². The molecule has 0 unspecified atom stereocenters. The Morgan fingerprint density at radius 1 is 0.524 bits per heavy atom. The van der Waals surface area contributed by atoms with Crippen LogP contribution in [-0.2, 0) is 0 Å². The van der Waals surface area contributed by atoms with Gasteiger partial charge in [-0.2, -0.15) is 5.26 Å². The standard InChI is InChI=1S/C38H22N4/c39-22-24-6-8-30(9-7-24)38-41-34(26-12-10-25(11-13-26)31-5-2-20-40-23-31)21-35(42-38)32-18-16-29-15-14-27-3-1-4-28-17-19-33(32)37(29)36(27)28/h1-21,23H. The fourth-order valence-corrected chi connectivity index (χ4v) is 5.88. The molecule has 6 aromatic carbocycles. The third-order valence-electron chi connectivity index (χ3n) is 7.98. The molecule has 0 fully saturated rings. The Morgan fingerprint density at radius 3 is 1.93 bits per heavy atom. The first-order valence-corrected chi connectivity index (χ1v) is 13.8. The van der Waals surface area contributed by atoms with Crippen LogP contribution in [0.25, 0.3) is 77.3 Å². The second-order valence-corrected chi connectivity index (χ2v) is 10.4. The highest BCUT2D eigenvalue weighted by Gasteiger charge is 2.16. The van der Waals surface area contributed by atoms with Gasteiger partial charge in [0.2, 0.25) is 0 Å². The number of pyridine rings is 1.